The Morgan fingerprint density at radius 3 is 2.74 bits per heavy atom. The number of aromatic nitrogens is 2. The molecular weight excluding hydrogens is 240 g/mol. The average molecular weight is 262 g/mol. The molecule has 1 amide bonds. The maximum Gasteiger partial charge on any atom is 0.222 e. The Hall–Kier alpha value is -1.65. The van der Waals surface area contributed by atoms with E-state index in [1.54, 1.807) is 12.4 Å². The summed E-state index contributed by atoms with van der Waals surface area (Å²) in [5.41, 5.74) is 1.10. The Balaban J connectivity index is 2.02. The van der Waals surface area contributed by atoms with Crippen LogP contribution >= 0.6 is 0 Å². The lowest BCUT2D eigenvalue weighted by Gasteiger charge is -2.23. The average Bonchev–Trinajstić information content (AvgIpc) is 2.53. The second-order valence-electron chi connectivity index (χ2n) is 5.87. The first kappa shape index (κ1) is 13.8. The van der Waals surface area contributed by atoms with Gasteiger partial charge in [0.05, 0.1) is 24.6 Å². The molecule has 5 heteroatoms. The van der Waals surface area contributed by atoms with Crippen molar-refractivity contribution in [3.05, 3.63) is 18.1 Å². The summed E-state index contributed by atoms with van der Waals surface area (Å²) in [6.45, 7) is 5.82. The van der Waals surface area contributed by atoms with E-state index in [2.05, 4.69) is 29.1 Å². The third-order valence-corrected chi connectivity index (χ3v) is 3.74. The van der Waals surface area contributed by atoms with Gasteiger partial charge in [0.25, 0.3) is 0 Å². The summed E-state index contributed by atoms with van der Waals surface area (Å²) in [4.78, 5) is 22.5. The molecule has 19 heavy (non-hydrogen) atoms. The Morgan fingerprint density at radius 1 is 1.32 bits per heavy atom. The number of rotatable bonds is 3. The maximum atomic E-state index is 12.1. The van der Waals surface area contributed by atoms with Crippen molar-refractivity contribution in [1.82, 2.24) is 14.9 Å². The highest BCUT2D eigenvalue weighted by molar-refractivity contribution is 5.76. The van der Waals surface area contributed by atoms with E-state index in [0.717, 1.165) is 30.9 Å². The molecule has 1 aromatic heterocycles. The second kappa shape index (κ2) is 5.55. The molecule has 2 rings (SSSR count). The van der Waals surface area contributed by atoms with E-state index >= 15 is 0 Å². The van der Waals surface area contributed by atoms with Crippen LogP contribution in [0.4, 0.5) is 5.82 Å². The van der Waals surface area contributed by atoms with E-state index in [1.165, 1.54) is 0 Å². The van der Waals surface area contributed by atoms with Crippen molar-refractivity contribution in [3.63, 3.8) is 0 Å². The van der Waals surface area contributed by atoms with Crippen LogP contribution in [0.15, 0.2) is 12.4 Å². The van der Waals surface area contributed by atoms with Gasteiger partial charge in [-0.25, -0.2) is 4.98 Å². The molecule has 1 N–H and O–H groups in total. The smallest absolute Gasteiger partial charge is 0.222 e. The van der Waals surface area contributed by atoms with Crippen molar-refractivity contribution >= 4 is 11.7 Å². The number of hydrogen-bond acceptors (Lipinski definition) is 4. The predicted molar refractivity (Wildman–Crippen MR) is 74.6 cm³/mol. The lowest BCUT2D eigenvalue weighted by atomic mass is 9.85. The van der Waals surface area contributed by atoms with Crippen molar-refractivity contribution in [1.29, 1.82) is 0 Å². The van der Waals surface area contributed by atoms with Gasteiger partial charge in [-0.1, -0.05) is 13.8 Å². The van der Waals surface area contributed by atoms with Crippen LogP contribution < -0.4 is 5.32 Å². The van der Waals surface area contributed by atoms with Gasteiger partial charge in [-0.15, -0.1) is 0 Å². The molecule has 0 aliphatic carbocycles. The molecule has 1 saturated heterocycles. The molecule has 0 saturated carbocycles. The van der Waals surface area contributed by atoms with Crippen molar-refractivity contribution in [2.24, 2.45) is 5.41 Å². The normalized spacial score (nSPS) is 19.1. The quantitative estimate of drug-likeness (QED) is 0.906. The molecule has 5 nitrogen and oxygen atoms in total. The van der Waals surface area contributed by atoms with E-state index in [-0.39, 0.29) is 11.3 Å². The monoisotopic (exact) mass is 262 g/mol. The zero-order chi connectivity index (χ0) is 13.9. The number of hydrogen-bond donors (Lipinski definition) is 1. The Morgan fingerprint density at radius 2 is 2.11 bits per heavy atom. The van der Waals surface area contributed by atoms with Crippen LogP contribution in [0.25, 0.3) is 0 Å². The predicted octanol–water partition coefficient (Wildman–Crippen LogP) is 2.06. The van der Waals surface area contributed by atoms with E-state index in [4.69, 9.17) is 0 Å². The summed E-state index contributed by atoms with van der Waals surface area (Å²) in [6.07, 6.45) is 6.07. The summed E-state index contributed by atoms with van der Waals surface area (Å²) in [5, 5.41) is 2.93. The van der Waals surface area contributed by atoms with Crippen LogP contribution in [0.1, 0.15) is 38.8 Å². The molecule has 0 aromatic carbocycles. The summed E-state index contributed by atoms with van der Waals surface area (Å²) in [7, 11) is 1.81. The van der Waals surface area contributed by atoms with Crippen LogP contribution in [0, 0.1) is 5.41 Å². The molecule has 0 radical (unpaired) electrons. The second-order valence-corrected chi connectivity index (χ2v) is 5.87. The van der Waals surface area contributed by atoms with Crippen LogP contribution in [-0.2, 0) is 11.3 Å². The van der Waals surface area contributed by atoms with Gasteiger partial charge >= 0.3 is 0 Å². The highest BCUT2D eigenvalue weighted by atomic mass is 16.2. The molecule has 0 unspecified atom stereocenters. The van der Waals surface area contributed by atoms with E-state index in [0.29, 0.717) is 13.0 Å². The van der Waals surface area contributed by atoms with E-state index in [1.807, 2.05) is 11.9 Å². The number of carbonyl (C=O) groups is 1. The van der Waals surface area contributed by atoms with Gasteiger partial charge in [-0.05, 0) is 18.3 Å². The molecular formula is C14H22N4O. The molecule has 2 heterocycles. The lowest BCUT2D eigenvalue weighted by molar-refractivity contribution is -0.131. The number of anilines is 1. The third kappa shape index (κ3) is 3.66. The number of likely N-dealkylation sites (tertiary alicyclic amines) is 1. The number of carbonyl (C=O) groups excluding carboxylic acids is 1. The SMILES string of the molecule is CNc1cnc(CN2CCC(C)(C)CCC2=O)cn1. The number of nitrogens with zero attached hydrogens (tertiary/aromatic N) is 3. The van der Waals surface area contributed by atoms with E-state index in [9.17, 15) is 4.79 Å². The topological polar surface area (TPSA) is 58.1 Å². The fourth-order valence-corrected chi connectivity index (χ4v) is 2.22. The summed E-state index contributed by atoms with van der Waals surface area (Å²) >= 11 is 0. The Kier molecular flexibility index (Phi) is 4.02. The van der Waals surface area contributed by atoms with Crippen molar-refractivity contribution in [3.8, 4) is 0 Å². The van der Waals surface area contributed by atoms with Crippen molar-refractivity contribution < 1.29 is 4.79 Å². The molecule has 0 bridgehead atoms. The molecule has 1 aliphatic heterocycles. The minimum atomic E-state index is 0.227. The highest BCUT2D eigenvalue weighted by Crippen LogP contribution is 2.30. The van der Waals surface area contributed by atoms with Gasteiger partial charge in [0.15, 0.2) is 0 Å². The summed E-state index contributed by atoms with van der Waals surface area (Å²) in [5.74, 6) is 0.970. The van der Waals surface area contributed by atoms with Gasteiger partial charge in [-0.2, -0.15) is 0 Å². The van der Waals surface area contributed by atoms with Crippen LogP contribution in [0.2, 0.25) is 0 Å². The first-order valence-electron chi connectivity index (χ1n) is 6.77. The zero-order valence-electron chi connectivity index (χ0n) is 11.9. The fraction of sp³-hybridized carbons (Fsp3) is 0.643. The Labute approximate surface area is 114 Å². The molecule has 1 aliphatic rings. The highest BCUT2D eigenvalue weighted by Gasteiger charge is 2.27. The fourth-order valence-electron chi connectivity index (χ4n) is 2.22. The van der Waals surface area contributed by atoms with E-state index < -0.39 is 0 Å². The van der Waals surface area contributed by atoms with Crippen LogP contribution in [0.3, 0.4) is 0 Å². The summed E-state index contributed by atoms with van der Waals surface area (Å²) in [6, 6.07) is 0. The van der Waals surface area contributed by atoms with Crippen molar-refractivity contribution in [2.75, 3.05) is 18.9 Å². The Bertz CT molecular complexity index is 441. The van der Waals surface area contributed by atoms with Crippen molar-refractivity contribution in [2.45, 2.75) is 39.7 Å². The minimum absolute atomic E-state index is 0.227. The molecule has 1 aromatic rings. The number of nitrogens with one attached hydrogen (secondary N) is 1. The molecule has 0 atom stereocenters. The summed E-state index contributed by atoms with van der Waals surface area (Å²) < 4.78 is 0. The lowest BCUT2D eigenvalue weighted by Crippen LogP contribution is -2.30. The molecule has 104 valence electrons. The van der Waals surface area contributed by atoms with Gasteiger partial charge in [0.2, 0.25) is 5.91 Å². The third-order valence-electron chi connectivity index (χ3n) is 3.74. The first-order chi connectivity index (χ1) is 9.00. The zero-order valence-corrected chi connectivity index (χ0v) is 11.9. The maximum absolute atomic E-state index is 12.1. The minimum Gasteiger partial charge on any atom is -0.372 e. The van der Waals surface area contributed by atoms with Gasteiger partial charge in [0.1, 0.15) is 5.82 Å². The molecule has 0 spiro atoms. The van der Waals surface area contributed by atoms with Crippen LogP contribution in [-0.4, -0.2) is 34.4 Å². The largest absolute Gasteiger partial charge is 0.372 e. The standard InChI is InChI=1S/C14H22N4O/c1-14(2)5-4-13(19)18(7-6-14)10-11-8-17-12(15-3)9-16-11/h8-9H,4-7,10H2,1-3H3,(H,15,17). The molecule has 1 fully saturated rings. The van der Waals surface area contributed by atoms with Gasteiger partial charge in [-0.3, -0.25) is 9.78 Å². The van der Waals surface area contributed by atoms with Gasteiger partial charge in [0, 0.05) is 20.0 Å². The van der Waals surface area contributed by atoms with Crippen LogP contribution in [0.5, 0.6) is 0 Å². The van der Waals surface area contributed by atoms with Gasteiger partial charge < -0.3 is 10.2 Å². The number of amides is 1. The first-order valence-corrected chi connectivity index (χ1v) is 6.77.